The number of rotatable bonds is 3. The van der Waals surface area contributed by atoms with Gasteiger partial charge in [0.05, 0.1) is 0 Å². The Morgan fingerprint density at radius 1 is 1.30 bits per heavy atom. The molecule has 2 saturated heterocycles. The van der Waals surface area contributed by atoms with E-state index >= 15 is 0 Å². The Labute approximate surface area is 123 Å². The van der Waals surface area contributed by atoms with Gasteiger partial charge in [-0.05, 0) is 30.9 Å². The largest absolute Gasteiger partial charge is 0.316 e. The maximum Gasteiger partial charge on any atom is 0.00570 e. The van der Waals surface area contributed by atoms with Gasteiger partial charge in [-0.2, -0.15) is 0 Å². The predicted octanol–water partition coefficient (Wildman–Crippen LogP) is 3.11. The topological polar surface area (TPSA) is 15.3 Å². The van der Waals surface area contributed by atoms with Crippen molar-refractivity contribution in [1.82, 2.24) is 10.2 Å². The highest BCUT2D eigenvalue weighted by molar-refractivity contribution is 5.25. The van der Waals surface area contributed by atoms with Crippen LogP contribution in [-0.2, 0) is 0 Å². The van der Waals surface area contributed by atoms with Crippen molar-refractivity contribution in [3.8, 4) is 0 Å². The summed E-state index contributed by atoms with van der Waals surface area (Å²) in [6.07, 6.45) is 2.72. The Morgan fingerprint density at radius 3 is 2.75 bits per heavy atom. The van der Waals surface area contributed by atoms with Crippen molar-refractivity contribution in [2.24, 2.45) is 11.3 Å². The highest BCUT2D eigenvalue weighted by Crippen LogP contribution is 2.47. The first-order chi connectivity index (χ1) is 9.70. The van der Waals surface area contributed by atoms with Crippen molar-refractivity contribution >= 4 is 0 Å². The number of benzene rings is 1. The Morgan fingerprint density at radius 2 is 2.10 bits per heavy atom. The molecule has 0 saturated carbocycles. The smallest absolute Gasteiger partial charge is 0.00570 e. The zero-order chi connectivity index (χ0) is 14.0. The molecule has 1 aromatic carbocycles. The number of hydrogen-bond acceptors (Lipinski definition) is 2. The molecule has 2 heteroatoms. The third-order valence-corrected chi connectivity index (χ3v) is 5.05. The fourth-order valence-corrected chi connectivity index (χ4v) is 4.30. The third kappa shape index (κ3) is 2.77. The van der Waals surface area contributed by atoms with Gasteiger partial charge in [-0.25, -0.2) is 0 Å². The standard InChI is InChI=1S/C18H28N2/c1-15(2)11-20-12-17(16-7-4-3-5-8-16)18(14-20)9-6-10-19-13-18/h3-5,7-8,15,17,19H,6,9-14H2,1-2H3. The van der Waals surface area contributed by atoms with Gasteiger partial charge in [-0.3, -0.25) is 0 Å². The van der Waals surface area contributed by atoms with Crippen molar-refractivity contribution in [1.29, 1.82) is 0 Å². The molecule has 2 nitrogen and oxygen atoms in total. The van der Waals surface area contributed by atoms with Crippen LogP contribution in [0.15, 0.2) is 30.3 Å². The van der Waals surface area contributed by atoms with Gasteiger partial charge >= 0.3 is 0 Å². The molecule has 2 fully saturated rings. The summed E-state index contributed by atoms with van der Waals surface area (Å²) >= 11 is 0. The van der Waals surface area contributed by atoms with E-state index < -0.39 is 0 Å². The van der Waals surface area contributed by atoms with Gasteiger partial charge in [-0.15, -0.1) is 0 Å². The zero-order valence-corrected chi connectivity index (χ0v) is 12.9. The lowest BCUT2D eigenvalue weighted by Gasteiger charge is -2.39. The maximum absolute atomic E-state index is 3.66. The van der Waals surface area contributed by atoms with Crippen LogP contribution in [0, 0.1) is 11.3 Å². The lowest BCUT2D eigenvalue weighted by Crippen LogP contribution is -2.44. The first-order valence-corrected chi connectivity index (χ1v) is 8.18. The molecule has 2 heterocycles. The normalized spacial score (nSPS) is 31.2. The van der Waals surface area contributed by atoms with Crippen LogP contribution < -0.4 is 5.32 Å². The molecule has 0 aromatic heterocycles. The minimum Gasteiger partial charge on any atom is -0.316 e. The van der Waals surface area contributed by atoms with Crippen LogP contribution in [0.2, 0.25) is 0 Å². The molecule has 1 aromatic rings. The van der Waals surface area contributed by atoms with Crippen LogP contribution in [0.25, 0.3) is 0 Å². The summed E-state index contributed by atoms with van der Waals surface area (Å²) < 4.78 is 0. The summed E-state index contributed by atoms with van der Waals surface area (Å²) in [6, 6.07) is 11.2. The van der Waals surface area contributed by atoms with Crippen molar-refractivity contribution < 1.29 is 0 Å². The van der Waals surface area contributed by atoms with Crippen molar-refractivity contribution in [2.75, 3.05) is 32.7 Å². The molecule has 20 heavy (non-hydrogen) atoms. The Kier molecular flexibility index (Phi) is 4.13. The van der Waals surface area contributed by atoms with Crippen LogP contribution in [0.3, 0.4) is 0 Å². The van der Waals surface area contributed by atoms with E-state index in [0.717, 1.165) is 5.92 Å². The molecule has 2 unspecified atom stereocenters. The van der Waals surface area contributed by atoms with E-state index in [-0.39, 0.29) is 0 Å². The molecule has 0 aliphatic carbocycles. The van der Waals surface area contributed by atoms with E-state index in [1.807, 2.05) is 0 Å². The highest BCUT2D eigenvalue weighted by atomic mass is 15.2. The van der Waals surface area contributed by atoms with Gasteiger partial charge in [-0.1, -0.05) is 44.2 Å². The van der Waals surface area contributed by atoms with E-state index in [0.29, 0.717) is 11.3 Å². The molecule has 0 bridgehead atoms. The SMILES string of the molecule is CC(C)CN1CC(c2ccccc2)C2(CCCNC2)C1. The maximum atomic E-state index is 3.66. The van der Waals surface area contributed by atoms with Crippen LogP contribution >= 0.6 is 0 Å². The molecule has 0 radical (unpaired) electrons. The second-order valence-electron chi connectivity index (χ2n) is 7.19. The first-order valence-electron chi connectivity index (χ1n) is 8.18. The second-order valence-corrected chi connectivity index (χ2v) is 7.19. The van der Waals surface area contributed by atoms with E-state index in [2.05, 4.69) is 54.4 Å². The van der Waals surface area contributed by atoms with Crippen LogP contribution in [0.1, 0.15) is 38.2 Å². The monoisotopic (exact) mass is 272 g/mol. The first kappa shape index (κ1) is 14.1. The van der Waals surface area contributed by atoms with Crippen LogP contribution in [-0.4, -0.2) is 37.6 Å². The van der Waals surface area contributed by atoms with Gasteiger partial charge in [0.1, 0.15) is 0 Å². The number of likely N-dealkylation sites (tertiary alicyclic amines) is 1. The number of piperidine rings is 1. The Balaban J connectivity index is 1.84. The molecule has 2 atom stereocenters. The summed E-state index contributed by atoms with van der Waals surface area (Å²) in [4.78, 5) is 2.70. The average Bonchev–Trinajstić information content (AvgIpc) is 2.77. The summed E-state index contributed by atoms with van der Waals surface area (Å²) in [6.45, 7) is 10.8. The molecule has 2 aliphatic rings. The molecule has 3 rings (SSSR count). The lowest BCUT2D eigenvalue weighted by molar-refractivity contribution is 0.182. The Bertz CT molecular complexity index is 420. The fourth-order valence-electron chi connectivity index (χ4n) is 4.30. The van der Waals surface area contributed by atoms with Crippen LogP contribution in [0.4, 0.5) is 0 Å². The van der Waals surface area contributed by atoms with E-state index in [1.165, 1.54) is 45.6 Å². The highest BCUT2D eigenvalue weighted by Gasteiger charge is 2.47. The lowest BCUT2D eigenvalue weighted by atomic mass is 9.70. The van der Waals surface area contributed by atoms with Gasteiger partial charge in [0.25, 0.3) is 0 Å². The minimum absolute atomic E-state index is 0.467. The molecule has 1 N–H and O–H groups in total. The van der Waals surface area contributed by atoms with Gasteiger partial charge in [0, 0.05) is 37.5 Å². The average molecular weight is 272 g/mol. The number of nitrogens with one attached hydrogen (secondary N) is 1. The summed E-state index contributed by atoms with van der Waals surface area (Å²) in [5, 5.41) is 3.66. The van der Waals surface area contributed by atoms with Crippen LogP contribution in [0.5, 0.6) is 0 Å². The quantitative estimate of drug-likeness (QED) is 0.909. The fraction of sp³-hybridized carbons (Fsp3) is 0.667. The van der Waals surface area contributed by atoms with Gasteiger partial charge in [0.2, 0.25) is 0 Å². The van der Waals surface area contributed by atoms with Gasteiger partial charge < -0.3 is 10.2 Å². The third-order valence-electron chi connectivity index (χ3n) is 5.05. The Hall–Kier alpha value is -0.860. The van der Waals surface area contributed by atoms with E-state index in [1.54, 1.807) is 5.56 Å². The van der Waals surface area contributed by atoms with Crippen molar-refractivity contribution in [3.05, 3.63) is 35.9 Å². The second kappa shape index (κ2) is 5.87. The van der Waals surface area contributed by atoms with Crippen molar-refractivity contribution in [3.63, 3.8) is 0 Å². The minimum atomic E-state index is 0.467. The summed E-state index contributed by atoms with van der Waals surface area (Å²) in [5.74, 6) is 1.47. The molecular weight excluding hydrogens is 244 g/mol. The summed E-state index contributed by atoms with van der Waals surface area (Å²) in [7, 11) is 0. The molecular formula is C18H28N2. The molecule has 110 valence electrons. The molecule has 0 amide bonds. The molecule has 1 spiro atoms. The van der Waals surface area contributed by atoms with E-state index in [4.69, 9.17) is 0 Å². The number of nitrogens with zero attached hydrogens (tertiary/aromatic N) is 1. The predicted molar refractivity (Wildman–Crippen MR) is 85.0 cm³/mol. The molecule has 2 aliphatic heterocycles. The van der Waals surface area contributed by atoms with Gasteiger partial charge in [0.15, 0.2) is 0 Å². The summed E-state index contributed by atoms with van der Waals surface area (Å²) in [5.41, 5.74) is 2.01. The van der Waals surface area contributed by atoms with E-state index in [9.17, 15) is 0 Å². The number of hydrogen-bond donors (Lipinski definition) is 1. The zero-order valence-electron chi connectivity index (χ0n) is 12.9. The van der Waals surface area contributed by atoms with Crippen molar-refractivity contribution in [2.45, 2.75) is 32.6 Å².